The summed E-state index contributed by atoms with van der Waals surface area (Å²) in [6.45, 7) is 2.26. The number of hydrogen-bond acceptors (Lipinski definition) is 2. The van der Waals surface area contributed by atoms with Gasteiger partial charge in [-0.05, 0) is 30.7 Å². The molecule has 0 amide bonds. The van der Waals surface area contributed by atoms with Crippen molar-refractivity contribution in [3.05, 3.63) is 29.6 Å². The summed E-state index contributed by atoms with van der Waals surface area (Å²) in [5.74, 6) is -0.252. The van der Waals surface area contributed by atoms with Gasteiger partial charge in [-0.15, -0.1) is 0 Å². The van der Waals surface area contributed by atoms with Gasteiger partial charge in [-0.25, -0.2) is 4.39 Å². The lowest BCUT2D eigenvalue weighted by molar-refractivity contribution is 0.0710. The zero-order valence-electron chi connectivity index (χ0n) is 7.47. The standard InChI is InChI=1S/C10H12FNO/c1-10(13)5-7-4-8(11)2-3-9(7)12-6-10/h2-4,12-13H,5-6H2,1H3. The molecule has 1 aromatic carbocycles. The van der Waals surface area contributed by atoms with Gasteiger partial charge in [0.05, 0.1) is 5.60 Å². The van der Waals surface area contributed by atoms with Crippen LogP contribution in [0.25, 0.3) is 0 Å². The predicted molar refractivity (Wildman–Crippen MR) is 49.2 cm³/mol. The highest BCUT2D eigenvalue weighted by molar-refractivity contribution is 5.54. The molecular formula is C10H12FNO. The van der Waals surface area contributed by atoms with E-state index in [0.717, 1.165) is 11.3 Å². The Hall–Kier alpha value is -1.09. The van der Waals surface area contributed by atoms with Gasteiger partial charge in [0.2, 0.25) is 0 Å². The number of anilines is 1. The molecule has 1 aliphatic rings. The number of rotatable bonds is 0. The van der Waals surface area contributed by atoms with E-state index in [1.54, 1.807) is 13.0 Å². The lowest BCUT2D eigenvalue weighted by Gasteiger charge is -2.31. The second kappa shape index (κ2) is 2.70. The molecule has 0 spiro atoms. The molecule has 0 saturated carbocycles. The molecule has 0 saturated heterocycles. The fourth-order valence-corrected chi connectivity index (χ4v) is 1.64. The minimum atomic E-state index is -0.763. The number of fused-ring (bicyclic) bond motifs is 1. The summed E-state index contributed by atoms with van der Waals surface area (Å²) in [5, 5.41) is 12.8. The number of halogens is 1. The fraction of sp³-hybridized carbons (Fsp3) is 0.400. The van der Waals surface area contributed by atoms with Crippen molar-refractivity contribution in [2.45, 2.75) is 18.9 Å². The van der Waals surface area contributed by atoms with Crippen LogP contribution in [0.3, 0.4) is 0 Å². The van der Waals surface area contributed by atoms with Gasteiger partial charge in [0.1, 0.15) is 5.82 Å². The maximum atomic E-state index is 12.8. The van der Waals surface area contributed by atoms with Gasteiger partial charge in [0, 0.05) is 18.7 Å². The van der Waals surface area contributed by atoms with Crippen molar-refractivity contribution in [3.8, 4) is 0 Å². The summed E-state index contributed by atoms with van der Waals surface area (Å²) in [6.07, 6.45) is 0.507. The van der Waals surface area contributed by atoms with Crippen molar-refractivity contribution in [3.63, 3.8) is 0 Å². The molecule has 1 unspecified atom stereocenters. The number of hydrogen-bond donors (Lipinski definition) is 2. The average Bonchev–Trinajstić information content (AvgIpc) is 2.01. The molecule has 1 atom stereocenters. The van der Waals surface area contributed by atoms with Crippen LogP contribution in [0.4, 0.5) is 10.1 Å². The number of aliphatic hydroxyl groups is 1. The van der Waals surface area contributed by atoms with Gasteiger partial charge in [0.15, 0.2) is 0 Å². The Balaban J connectivity index is 2.38. The summed E-state index contributed by atoms with van der Waals surface area (Å²) in [4.78, 5) is 0. The zero-order valence-corrected chi connectivity index (χ0v) is 7.47. The summed E-state index contributed by atoms with van der Waals surface area (Å²) in [7, 11) is 0. The van der Waals surface area contributed by atoms with Gasteiger partial charge in [-0.1, -0.05) is 0 Å². The lowest BCUT2D eigenvalue weighted by Crippen LogP contribution is -2.39. The third-order valence-electron chi connectivity index (χ3n) is 2.30. The molecule has 2 nitrogen and oxygen atoms in total. The van der Waals surface area contributed by atoms with Gasteiger partial charge in [-0.3, -0.25) is 0 Å². The van der Waals surface area contributed by atoms with Gasteiger partial charge in [-0.2, -0.15) is 0 Å². The van der Waals surface area contributed by atoms with Crippen molar-refractivity contribution in [2.24, 2.45) is 0 Å². The number of nitrogens with one attached hydrogen (secondary N) is 1. The second-order valence-corrected chi connectivity index (χ2v) is 3.83. The number of β-amino-alcohol motifs (C(OH)–C–C–N with tert-alkyl or cyclic N) is 1. The van der Waals surface area contributed by atoms with Gasteiger partial charge >= 0.3 is 0 Å². The normalized spacial score (nSPS) is 26.4. The van der Waals surface area contributed by atoms with Crippen molar-refractivity contribution < 1.29 is 9.50 Å². The first-order chi connectivity index (χ1) is 6.07. The minimum Gasteiger partial charge on any atom is -0.388 e. The number of benzene rings is 1. The predicted octanol–water partition coefficient (Wildman–Crippen LogP) is 1.54. The van der Waals surface area contributed by atoms with Crippen LogP contribution in [0.2, 0.25) is 0 Å². The van der Waals surface area contributed by atoms with Crippen molar-refractivity contribution in [1.29, 1.82) is 0 Å². The lowest BCUT2D eigenvalue weighted by atomic mass is 9.91. The molecule has 1 aromatic rings. The molecule has 13 heavy (non-hydrogen) atoms. The van der Waals surface area contributed by atoms with E-state index < -0.39 is 5.60 Å². The first kappa shape index (κ1) is 8.51. The van der Waals surface area contributed by atoms with Crippen molar-refractivity contribution in [2.75, 3.05) is 11.9 Å². The summed E-state index contributed by atoms with van der Waals surface area (Å²) in [5.41, 5.74) is 1.00. The third kappa shape index (κ3) is 1.65. The largest absolute Gasteiger partial charge is 0.388 e. The maximum absolute atomic E-state index is 12.8. The molecule has 1 heterocycles. The molecule has 1 aliphatic heterocycles. The van der Waals surface area contributed by atoms with E-state index in [1.807, 2.05) is 0 Å². The summed E-state index contributed by atoms with van der Waals surface area (Å²) in [6, 6.07) is 4.60. The Kier molecular flexibility index (Phi) is 1.77. The van der Waals surface area contributed by atoms with Crippen LogP contribution in [0.15, 0.2) is 18.2 Å². The monoisotopic (exact) mass is 181 g/mol. The zero-order chi connectivity index (χ0) is 9.47. The highest BCUT2D eigenvalue weighted by atomic mass is 19.1. The smallest absolute Gasteiger partial charge is 0.123 e. The SMILES string of the molecule is CC1(O)CNc2ccc(F)cc2C1. The molecule has 0 fully saturated rings. The first-order valence-corrected chi connectivity index (χ1v) is 4.31. The minimum absolute atomic E-state index is 0.252. The van der Waals surface area contributed by atoms with Gasteiger partial charge < -0.3 is 10.4 Å². The topological polar surface area (TPSA) is 32.3 Å². The highest BCUT2D eigenvalue weighted by Crippen LogP contribution is 2.27. The molecule has 0 aromatic heterocycles. The van der Waals surface area contributed by atoms with Crippen LogP contribution in [0, 0.1) is 5.82 Å². The van der Waals surface area contributed by atoms with E-state index in [0.29, 0.717) is 13.0 Å². The quantitative estimate of drug-likeness (QED) is 0.636. The van der Waals surface area contributed by atoms with E-state index in [1.165, 1.54) is 12.1 Å². The van der Waals surface area contributed by atoms with E-state index in [2.05, 4.69) is 5.32 Å². The highest BCUT2D eigenvalue weighted by Gasteiger charge is 2.26. The van der Waals surface area contributed by atoms with Crippen LogP contribution in [-0.4, -0.2) is 17.3 Å². The van der Waals surface area contributed by atoms with E-state index in [9.17, 15) is 9.50 Å². The second-order valence-electron chi connectivity index (χ2n) is 3.83. The Morgan fingerprint density at radius 3 is 3.08 bits per heavy atom. The maximum Gasteiger partial charge on any atom is 0.123 e. The summed E-state index contributed by atoms with van der Waals surface area (Å²) >= 11 is 0. The van der Waals surface area contributed by atoms with E-state index >= 15 is 0 Å². The molecule has 3 heteroatoms. The van der Waals surface area contributed by atoms with Crippen LogP contribution in [0.5, 0.6) is 0 Å². The molecule has 0 radical (unpaired) electrons. The van der Waals surface area contributed by atoms with Crippen LogP contribution in [-0.2, 0) is 6.42 Å². The van der Waals surface area contributed by atoms with Crippen LogP contribution >= 0.6 is 0 Å². The molecule has 70 valence electrons. The third-order valence-corrected chi connectivity index (χ3v) is 2.30. The first-order valence-electron chi connectivity index (χ1n) is 4.31. The fourth-order valence-electron chi connectivity index (χ4n) is 1.64. The Bertz CT molecular complexity index is 336. The Labute approximate surface area is 76.4 Å². The van der Waals surface area contributed by atoms with Crippen molar-refractivity contribution >= 4 is 5.69 Å². The molecule has 0 aliphatic carbocycles. The molecule has 2 N–H and O–H groups in total. The Morgan fingerprint density at radius 2 is 2.31 bits per heavy atom. The average molecular weight is 181 g/mol. The Morgan fingerprint density at radius 1 is 1.54 bits per heavy atom. The van der Waals surface area contributed by atoms with E-state index in [4.69, 9.17) is 0 Å². The summed E-state index contributed by atoms with van der Waals surface area (Å²) < 4.78 is 12.8. The molecular weight excluding hydrogens is 169 g/mol. The van der Waals surface area contributed by atoms with Crippen molar-refractivity contribution in [1.82, 2.24) is 0 Å². The van der Waals surface area contributed by atoms with E-state index in [-0.39, 0.29) is 5.82 Å². The molecule has 2 rings (SSSR count). The van der Waals surface area contributed by atoms with Crippen LogP contribution < -0.4 is 5.32 Å². The van der Waals surface area contributed by atoms with Crippen LogP contribution in [0.1, 0.15) is 12.5 Å². The molecule has 0 bridgehead atoms. The van der Waals surface area contributed by atoms with Gasteiger partial charge in [0.25, 0.3) is 0 Å².